The SMILES string of the molecule is Cn1ccnc1CCC(=O)C(N)Cc1ccccc1. The standard InChI is InChI=1S/C15H19N3O/c1-18-10-9-17-15(18)8-7-14(19)13(16)11-12-5-3-2-4-6-12/h2-6,9-10,13H,7-8,11,16H2,1H3. The molecule has 0 bridgehead atoms. The highest BCUT2D eigenvalue weighted by atomic mass is 16.1. The maximum absolute atomic E-state index is 12.0. The summed E-state index contributed by atoms with van der Waals surface area (Å²) in [5.74, 6) is 1.01. The number of nitrogens with zero attached hydrogens (tertiary/aromatic N) is 2. The number of hydrogen-bond acceptors (Lipinski definition) is 3. The first-order valence-corrected chi connectivity index (χ1v) is 6.45. The molecule has 1 aromatic heterocycles. The third-order valence-electron chi connectivity index (χ3n) is 3.23. The molecule has 0 spiro atoms. The van der Waals surface area contributed by atoms with Gasteiger partial charge in [-0.15, -0.1) is 0 Å². The van der Waals surface area contributed by atoms with E-state index in [-0.39, 0.29) is 5.78 Å². The summed E-state index contributed by atoms with van der Waals surface area (Å²) in [6.45, 7) is 0. The summed E-state index contributed by atoms with van der Waals surface area (Å²) in [7, 11) is 1.93. The van der Waals surface area contributed by atoms with Crippen LogP contribution in [0.25, 0.3) is 0 Å². The van der Waals surface area contributed by atoms with E-state index in [1.807, 2.05) is 48.1 Å². The van der Waals surface area contributed by atoms with Gasteiger partial charge in [0.1, 0.15) is 11.6 Å². The van der Waals surface area contributed by atoms with Crippen LogP contribution in [0.15, 0.2) is 42.7 Å². The van der Waals surface area contributed by atoms with Crippen molar-refractivity contribution in [2.45, 2.75) is 25.3 Å². The highest BCUT2D eigenvalue weighted by Crippen LogP contribution is 2.06. The summed E-state index contributed by atoms with van der Waals surface area (Å²) >= 11 is 0. The number of carbonyl (C=O) groups excluding carboxylic acids is 1. The van der Waals surface area contributed by atoms with Crippen LogP contribution < -0.4 is 5.73 Å². The highest BCUT2D eigenvalue weighted by Gasteiger charge is 2.14. The highest BCUT2D eigenvalue weighted by molar-refractivity contribution is 5.84. The molecule has 100 valence electrons. The van der Waals surface area contributed by atoms with Crippen molar-refractivity contribution in [1.82, 2.24) is 9.55 Å². The molecule has 0 aliphatic rings. The molecule has 1 unspecified atom stereocenters. The van der Waals surface area contributed by atoms with E-state index in [2.05, 4.69) is 4.98 Å². The third-order valence-corrected chi connectivity index (χ3v) is 3.23. The molecule has 2 aromatic rings. The zero-order valence-corrected chi connectivity index (χ0v) is 11.1. The van der Waals surface area contributed by atoms with Gasteiger partial charge in [0.25, 0.3) is 0 Å². The van der Waals surface area contributed by atoms with E-state index in [9.17, 15) is 4.79 Å². The number of aryl methyl sites for hydroxylation is 2. The van der Waals surface area contributed by atoms with Crippen LogP contribution >= 0.6 is 0 Å². The summed E-state index contributed by atoms with van der Waals surface area (Å²) < 4.78 is 1.93. The molecule has 0 aliphatic carbocycles. The topological polar surface area (TPSA) is 60.9 Å². The van der Waals surface area contributed by atoms with Gasteiger partial charge in [0.2, 0.25) is 0 Å². The van der Waals surface area contributed by atoms with E-state index < -0.39 is 6.04 Å². The van der Waals surface area contributed by atoms with E-state index in [0.29, 0.717) is 19.3 Å². The third kappa shape index (κ3) is 3.76. The summed E-state index contributed by atoms with van der Waals surface area (Å²) in [5.41, 5.74) is 7.05. The Morgan fingerprint density at radius 1 is 1.37 bits per heavy atom. The summed E-state index contributed by atoms with van der Waals surface area (Å²) in [5, 5.41) is 0. The van der Waals surface area contributed by atoms with Crippen molar-refractivity contribution >= 4 is 5.78 Å². The fourth-order valence-corrected chi connectivity index (χ4v) is 2.04. The Balaban J connectivity index is 1.84. The lowest BCUT2D eigenvalue weighted by Gasteiger charge is -2.10. The first-order chi connectivity index (χ1) is 9.16. The average molecular weight is 257 g/mol. The fourth-order valence-electron chi connectivity index (χ4n) is 2.04. The number of nitrogens with two attached hydrogens (primary N) is 1. The Morgan fingerprint density at radius 3 is 2.74 bits per heavy atom. The Hall–Kier alpha value is -1.94. The Morgan fingerprint density at radius 2 is 2.11 bits per heavy atom. The zero-order chi connectivity index (χ0) is 13.7. The van der Waals surface area contributed by atoms with Crippen molar-refractivity contribution < 1.29 is 4.79 Å². The maximum Gasteiger partial charge on any atom is 0.150 e. The van der Waals surface area contributed by atoms with Gasteiger partial charge in [-0.3, -0.25) is 4.79 Å². The minimum atomic E-state index is -0.428. The summed E-state index contributed by atoms with van der Waals surface area (Å²) in [6, 6.07) is 9.43. The molecule has 0 fully saturated rings. The van der Waals surface area contributed by atoms with Crippen LogP contribution in [-0.4, -0.2) is 21.4 Å². The zero-order valence-electron chi connectivity index (χ0n) is 11.1. The molecule has 1 aromatic carbocycles. The minimum Gasteiger partial charge on any atom is -0.338 e. The summed E-state index contributed by atoms with van der Waals surface area (Å²) in [6.07, 6.45) is 5.30. The molecule has 4 nitrogen and oxygen atoms in total. The number of ketones is 1. The van der Waals surface area contributed by atoms with Gasteiger partial charge in [-0.05, 0) is 12.0 Å². The smallest absolute Gasteiger partial charge is 0.150 e. The molecule has 2 rings (SSSR count). The largest absolute Gasteiger partial charge is 0.338 e. The monoisotopic (exact) mass is 257 g/mol. The molecule has 0 amide bonds. The van der Waals surface area contributed by atoms with Gasteiger partial charge in [-0.2, -0.15) is 0 Å². The Kier molecular flexibility index (Phi) is 4.47. The van der Waals surface area contributed by atoms with Crippen molar-refractivity contribution in [3.63, 3.8) is 0 Å². The number of Topliss-reactive ketones (excluding diaryl/α,β-unsaturated/α-hetero) is 1. The van der Waals surface area contributed by atoms with Crippen molar-refractivity contribution in [2.24, 2.45) is 12.8 Å². The molecule has 1 heterocycles. The van der Waals surface area contributed by atoms with Gasteiger partial charge < -0.3 is 10.3 Å². The van der Waals surface area contributed by atoms with Crippen molar-refractivity contribution in [1.29, 1.82) is 0 Å². The average Bonchev–Trinajstić information content (AvgIpc) is 2.82. The van der Waals surface area contributed by atoms with E-state index in [1.54, 1.807) is 6.20 Å². The van der Waals surface area contributed by atoms with Crippen molar-refractivity contribution in [3.8, 4) is 0 Å². The number of rotatable bonds is 6. The molecular weight excluding hydrogens is 238 g/mol. The normalized spacial score (nSPS) is 12.3. The van der Waals surface area contributed by atoms with Gasteiger partial charge in [0.15, 0.2) is 0 Å². The van der Waals surface area contributed by atoms with Crippen LogP contribution in [0.4, 0.5) is 0 Å². The predicted octanol–water partition coefficient (Wildman–Crippen LogP) is 1.49. The first-order valence-electron chi connectivity index (χ1n) is 6.45. The van der Waals surface area contributed by atoms with E-state index in [1.165, 1.54) is 0 Å². The lowest BCUT2D eigenvalue weighted by molar-refractivity contribution is -0.120. The van der Waals surface area contributed by atoms with Gasteiger partial charge in [-0.1, -0.05) is 30.3 Å². The van der Waals surface area contributed by atoms with Gasteiger partial charge >= 0.3 is 0 Å². The number of carbonyl (C=O) groups is 1. The Labute approximate surface area is 113 Å². The second-order valence-electron chi connectivity index (χ2n) is 4.72. The molecule has 0 saturated heterocycles. The molecule has 0 saturated carbocycles. The molecule has 4 heteroatoms. The van der Waals surface area contributed by atoms with Crippen molar-refractivity contribution in [3.05, 3.63) is 54.1 Å². The number of imidazole rings is 1. The molecule has 19 heavy (non-hydrogen) atoms. The molecule has 2 N–H and O–H groups in total. The maximum atomic E-state index is 12.0. The minimum absolute atomic E-state index is 0.0897. The summed E-state index contributed by atoms with van der Waals surface area (Å²) in [4.78, 5) is 16.2. The molecule has 0 aliphatic heterocycles. The van der Waals surface area contributed by atoms with Crippen LogP contribution in [-0.2, 0) is 24.7 Å². The second kappa shape index (κ2) is 6.29. The van der Waals surface area contributed by atoms with E-state index in [4.69, 9.17) is 5.73 Å². The van der Waals surface area contributed by atoms with Crippen LogP contribution in [0.1, 0.15) is 17.8 Å². The molecule has 1 atom stereocenters. The second-order valence-corrected chi connectivity index (χ2v) is 4.72. The van der Waals surface area contributed by atoms with Crippen LogP contribution in [0.5, 0.6) is 0 Å². The lowest BCUT2D eigenvalue weighted by atomic mass is 10.0. The quantitative estimate of drug-likeness (QED) is 0.853. The number of hydrogen-bond donors (Lipinski definition) is 1. The van der Waals surface area contributed by atoms with Gasteiger partial charge in [0, 0.05) is 32.3 Å². The van der Waals surface area contributed by atoms with Crippen LogP contribution in [0.2, 0.25) is 0 Å². The van der Waals surface area contributed by atoms with Crippen molar-refractivity contribution in [2.75, 3.05) is 0 Å². The molecule has 0 radical (unpaired) electrons. The van der Waals surface area contributed by atoms with Crippen LogP contribution in [0.3, 0.4) is 0 Å². The van der Waals surface area contributed by atoms with Gasteiger partial charge in [0.05, 0.1) is 6.04 Å². The first kappa shape index (κ1) is 13.5. The van der Waals surface area contributed by atoms with E-state index in [0.717, 1.165) is 11.4 Å². The van der Waals surface area contributed by atoms with Crippen LogP contribution in [0, 0.1) is 0 Å². The Bertz CT molecular complexity index is 533. The fraction of sp³-hybridized carbons (Fsp3) is 0.333. The van der Waals surface area contributed by atoms with Gasteiger partial charge in [-0.25, -0.2) is 4.98 Å². The lowest BCUT2D eigenvalue weighted by Crippen LogP contribution is -2.33. The predicted molar refractivity (Wildman–Crippen MR) is 74.7 cm³/mol. The molecular formula is C15H19N3O. The van der Waals surface area contributed by atoms with E-state index >= 15 is 0 Å². The number of benzene rings is 1. The number of aromatic nitrogens is 2.